The predicted molar refractivity (Wildman–Crippen MR) is 63.4 cm³/mol. The van der Waals surface area contributed by atoms with Crippen molar-refractivity contribution in [3.05, 3.63) is 33.9 Å². The van der Waals surface area contributed by atoms with Crippen molar-refractivity contribution in [2.24, 2.45) is 0 Å². The fourth-order valence-corrected chi connectivity index (χ4v) is 1.25. The number of benzene rings is 1. The molecule has 1 aromatic rings. The van der Waals surface area contributed by atoms with E-state index in [4.69, 9.17) is 9.84 Å². The predicted octanol–water partition coefficient (Wildman–Crippen LogP) is 0.391. The number of amides is 1. The van der Waals surface area contributed by atoms with Crippen molar-refractivity contribution in [1.82, 2.24) is 5.32 Å². The highest BCUT2D eigenvalue weighted by molar-refractivity contribution is 5.77. The molecule has 1 rings (SSSR count). The number of nitrogens with zero attached hydrogens (tertiary/aromatic N) is 1. The van der Waals surface area contributed by atoms with E-state index in [-0.39, 0.29) is 25.4 Å². The third-order valence-corrected chi connectivity index (χ3v) is 2.18. The lowest BCUT2D eigenvalue weighted by Crippen LogP contribution is -2.31. The summed E-state index contributed by atoms with van der Waals surface area (Å²) in [5.41, 5.74) is 0.613. The number of carbonyl (C=O) groups excluding carboxylic acids is 1. The van der Waals surface area contributed by atoms with Gasteiger partial charge in [-0.1, -0.05) is 0 Å². The number of rotatable bonds is 6. The smallest absolute Gasteiger partial charge is 0.273 e. The van der Waals surface area contributed by atoms with E-state index in [9.17, 15) is 14.9 Å². The minimum Gasteiger partial charge on any atom is -0.483 e. The van der Waals surface area contributed by atoms with E-state index in [2.05, 4.69) is 5.32 Å². The Balaban J connectivity index is 2.63. The van der Waals surface area contributed by atoms with E-state index in [1.807, 2.05) is 0 Å². The average Bonchev–Trinajstić information content (AvgIpc) is 2.35. The highest BCUT2D eigenvalue weighted by Gasteiger charge is 2.10. The third kappa shape index (κ3) is 4.02. The molecule has 7 heteroatoms. The second-order valence-electron chi connectivity index (χ2n) is 3.57. The topological polar surface area (TPSA) is 102 Å². The molecule has 0 bridgehead atoms. The van der Waals surface area contributed by atoms with Gasteiger partial charge in [0.25, 0.3) is 11.6 Å². The van der Waals surface area contributed by atoms with Gasteiger partial charge in [-0.25, -0.2) is 0 Å². The molecule has 0 heterocycles. The maximum absolute atomic E-state index is 11.2. The van der Waals surface area contributed by atoms with E-state index in [1.54, 1.807) is 13.0 Å². The van der Waals surface area contributed by atoms with Crippen LogP contribution in [0.1, 0.15) is 5.56 Å². The number of aryl methyl sites for hydroxylation is 1. The van der Waals surface area contributed by atoms with Gasteiger partial charge >= 0.3 is 0 Å². The number of non-ortho nitro benzene ring substituents is 1. The molecule has 18 heavy (non-hydrogen) atoms. The monoisotopic (exact) mass is 254 g/mol. The molecule has 0 radical (unpaired) electrons. The van der Waals surface area contributed by atoms with Crippen LogP contribution in [0.5, 0.6) is 5.75 Å². The first-order valence-electron chi connectivity index (χ1n) is 5.30. The van der Waals surface area contributed by atoms with E-state index in [1.165, 1.54) is 12.1 Å². The van der Waals surface area contributed by atoms with Crippen LogP contribution in [0, 0.1) is 17.0 Å². The largest absolute Gasteiger partial charge is 0.483 e. The lowest BCUT2D eigenvalue weighted by atomic mass is 10.2. The summed E-state index contributed by atoms with van der Waals surface area (Å²) in [6, 6.07) is 4.20. The Morgan fingerprint density at radius 3 is 2.89 bits per heavy atom. The Morgan fingerprint density at radius 1 is 1.56 bits per heavy atom. The molecule has 0 saturated heterocycles. The first-order chi connectivity index (χ1) is 8.54. The molecule has 0 saturated carbocycles. The molecule has 7 nitrogen and oxygen atoms in total. The number of hydrogen-bond acceptors (Lipinski definition) is 5. The number of aliphatic hydroxyl groups is 1. The summed E-state index contributed by atoms with van der Waals surface area (Å²) < 4.78 is 5.19. The lowest BCUT2D eigenvalue weighted by Gasteiger charge is -2.08. The van der Waals surface area contributed by atoms with E-state index >= 15 is 0 Å². The quantitative estimate of drug-likeness (QED) is 0.564. The Labute approximate surface area is 104 Å². The zero-order chi connectivity index (χ0) is 13.5. The van der Waals surface area contributed by atoms with Gasteiger partial charge in [0, 0.05) is 12.6 Å². The first kappa shape index (κ1) is 13.9. The fraction of sp³-hybridized carbons (Fsp3) is 0.364. The molecule has 0 aromatic heterocycles. The zero-order valence-electron chi connectivity index (χ0n) is 9.88. The normalized spacial score (nSPS) is 9.89. The Hall–Kier alpha value is -2.15. The summed E-state index contributed by atoms with van der Waals surface area (Å²) in [5.74, 6) is -0.0988. The van der Waals surface area contributed by atoms with Gasteiger partial charge < -0.3 is 15.2 Å². The van der Waals surface area contributed by atoms with E-state index < -0.39 is 10.8 Å². The number of ether oxygens (including phenoxy) is 1. The second-order valence-corrected chi connectivity index (χ2v) is 3.57. The summed E-state index contributed by atoms with van der Waals surface area (Å²) in [4.78, 5) is 21.3. The minimum atomic E-state index is -0.530. The number of nitro groups is 1. The number of hydrogen-bond donors (Lipinski definition) is 2. The van der Waals surface area contributed by atoms with Crippen molar-refractivity contribution in [3.8, 4) is 5.75 Å². The van der Waals surface area contributed by atoms with Crippen LogP contribution in [0.4, 0.5) is 5.69 Å². The molecule has 0 unspecified atom stereocenters. The summed E-state index contributed by atoms with van der Waals surface area (Å²) in [7, 11) is 0. The van der Waals surface area contributed by atoms with Crippen LogP contribution in [0.15, 0.2) is 18.2 Å². The molecule has 0 aliphatic heterocycles. The molecule has 0 aliphatic carbocycles. The Morgan fingerprint density at radius 2 is 2.28 bits per heavy atom. The first-order valence-corrected chi connectivity index (χ1v) is 5.30. The summed E-state index contributed by atoms with van der Waals surface area (Å²) in [5, 5.41) is 21.5. The number of nitro benzene ring substituents is 1. The highest BCUT2D eigenvalue weighted by Crippen LogP contribution is 2.23. The average molecular weight is 254 g/mol. The van der Waals surface area contributed by atoms with Crippen LogP contribution in [-0.4, -0.2) is 35.7 Å². The number of carbonyl (C=O) groups is 1. The van der Waals surface area contributed by atoms with Crippen LogP contribution in [0.2, 0.25) is 0 Å². The molecule has 1 amide bonds. The van der Waals surface area contributed by atoms with Gasteiger partial charge in [0.2, 0.25) is 0 Å². The van der Waals surface area contributed by atoms with Gasteiger partial charge in [-0.3, -0.25) is 14.9 Å². The van der Waals surface area contributed by atoms with Crippen molar-refractivity contribution >= 4 is 11.6 Å². The number of aliphatic hydroxyl groups excluding tert-OH is 1. The van der Waals surface area contributed by atoms with E-state index in [0.717, 1.165) is 0 Å². The van der Waals surface area contributed by atoms with Gasteiger partial charge in [-0.15, -0.1) is 0 Å². The summed E-state index contributed by atoms with van der Waals surface area (Å²) >= 11 is 0. The minimum absolute atomic E-state index is 0.0913. The van der Waals surface area contributed by atoms with Crippen LogP contribution in [0.3, 0.4) is 0 Å². The maximum atomic E-state index is 11.2. The van der Waals surface area contributed by atoms with E-state index in [0.29, 0.717) is 11.3 Å². The van der Waals surface area contributed by atoms with Gasteiger partial charge in [0.15, 0.2) is 6.61 Å². The molecule has 2 N–H and O–H groups in total. The molecule has 0 atom stereocenters. The lowest BCUT2D eigenvalue weighted by molar-refractivity contribution is -0.384. The summed E-state index contributed by atoms with van der Waals surface area (Å²) in [6.45, 7) is 1.48. The Bertz CT molecular complexity index is 447. The molecule has 0 fully saturated rings. The van der Waals surface area contributed by atoms with Gasteiger partial charge in [-0.2, -0.15) is 0 Å². The SMILES string of the molecule is Cc1ccc([N+](=O)[O-])cc1OCC(=O)NCCO. The molecule has 1 aromatic carbocycles. The van der Waals surface area contributed by atoms with Crippen molar-refractivity contribution in [1.29, 1.82) is 0 Å². The summed E-state index contributed by atoms with van der Waals surface area (Å²) in [6.07, 6.45) is 0. The van der Waals surface area contributed by atoms with Gasteiger partial charge in [0.05, 0.1) is 17.6 Å². The van der Waals surface area contributed by atoms with Crippen molar-refractivity contribution < 1.29 is 19.6 Å². The molecule has 0 aliphatic rings. The zero-order valence-corrected chi connectivity index (χ0v) is 9.88. The van der Waals surface area contributed by atoms with Gasteiger partial charge in [0.1, 0.15) is 5.75 Å². The molecule has 98 valence electrons. The van der Waals surface area contributed by atoms with Crippen molar-refractivity contribution in [2.75, 3.05) is 19.8 Å². The van der Waals surface area contributed by atoms with Crippen LogP contribution >= 0.6 is 0 Å². The van der Waals surface area contributed by atoms with Gasteiger partial charge in [-0.05, 0) is 18.6 Å². The van der Waals surface area contributed by atoms with Crippen LogP contribution in [-0.2, 0) is 4.79 Å². The van der Waals surface area contributed by atoms with Crippen molar-refractivity contribution in [3.63, 3.8) is 0 Å². The Kier molecular flexibility index (Phi) is 5.06. The van der Waals surface area contributed by atoms with Crippen LogP contribution in [0.25, 0.3) is 0 Å². The van der Waals surface area contributed by atoms with Crippen LogP contribution < -0.4 is 10.1 Å². The van der Waals surface area contributed by atoms with Crippen molar-refractivity contribution in [2.45, 2.75) is 6.92 Å². The second kappa shape index (κ2) is 6.55. The molecule has 0 spiro atoms. The fourth-order valence-electron chi connectivity index (χ4n) is 1.25. The number of nitrogens with one attached hydrogen (secondary N) is 1. The third-order valence-electron chi connectivity index (χ3n) is 2.18. The molecular weight excluding hydrogens is 240 g/mol. The maximum Gasteiger partial charge on any atom is 0.273 e. The standard InChI is InChI=1S/C11H14N2O5/c1-8-2-3-9(13(16)17)6-10(8)18-7-11(15)12-4-5-14/h2-3,6,14H,4-5,7H2,1H3,(H,12,15). The molecular formula is C11H14N2O5. The highest BCUT2D eigenvalue weighted by atomic mass is 16.6.